The fourth-order valence-corrected chi connectivity index (χ4v) is 1.89. The molecular formula is C10H10Cl2N4. The van der Waals surface area contributed by atoms with Crippen LogP contribution in [0.2, 0.25) is 10.0 Å². The third kappa shape index (κ3) is 2.19. The van der Waals surface area contributed by atoms with Gasteiger partial charge in [0.15, 0.2) is 0 Å². The zero-order valence-electron chi connectivity index (χ0n) is 8.61. The Morgan fingerprint density at radius 1 is 1.38 bits per heavy atom. The molecule has 0 saturated heterocycles. The molecule has 0 atom stereocenters. The van der Waals surface area contributed by atoms with Gasteiger partial charge >= 0.3 is 0 Å². The summed E-state index contributed by atoms with van der Waals surface area (Å²) in [6, 6.07) is 5.27. The number of hydrogen-bond donors (Lipinski definition) is 1. The van der Waals surface area contributed by atoms with Crippen LogP contribution in [0.3, 0.4) is 0 Å². The summed E-state index contributed by atoms with van der Waals surface area (Å²) in [4.78, 5) is 4.14. The maximum absolute atomic E-state index is 6.10. The van der Waals surface area contributed by atoms with Crippen molar-refractivity contribution in [3.05, 3.63) is 40.4 Å². The molecule has 2 aromatic rings. The summed E-state index contributed by atoms with van der Waals surface area (Å²) in [6.45, 7) is 0.624. The van der Waals surface area contributed by atoms with Gasteiger partial charge in [0.05, 0.1) is 17.3 Å². The zero-order chi connectivity index (χ0) is 11.5. The maximum Gasteiger partial charge on any atom is 0.146 e. The summed E-state index contributed by atoms with van der Waals surface area (Å²) in [6.07, 6.45) is 1.50. The third-order valence-electron chi connectivity index (χ3n) is 2.09. The quantitative estimate of drug-likeness (QED) is 0.917. The van der Waals surface area contributed by atoms with Crippen molar-refractivity contribution in [2.75, 3.05) is 7.05 Å². The van der Waals surface area contributed by atoms with E-state index in [1.165, 1.54) is 6.33 Å². The second-order valence-electron chi connectivity index (χ2n) is 3.21. The average Bonchev–Trinajstić information content (AvgIpc) is 2.67. The van der Waals surface area contributed by atoms with Gasteiger partial charge in [0, 0.05) is 5.02 Å². The van der Waals surface area contributed by atoms with Crippen molar-refractivity contribution < 1.29 is 0 Å². The Balaban J connectivity index is 2.46. The largest absolute Gasteiger partial charge is 0.313 e. The Morgan fingerprint density at radius 2 is 2.19 bits per heavy atom. The van der Waals surface area contributed by atoms with Crippen LogP contribution in [0.1, 0.15) is 5.82 Å². The summed E-state index contributed by atoms with van der Waals surface area (Å²) in [7, 11) is 1.85. The topological polar surface area (TPSA) is 42.7 Å². The number of halogens is 2. The lowest BCUT2D eigenvalue weighted by Gasteiger charge is -2.07. The highest BCUT2D eigenvalue weighted by Crippen LogP contribution is 2.24. The van der Waals surface area contributed by atoms with Crippen LogP contribution in [-0.4, -0.2) is 21.8 Å². The number of rotatable bonds is 3. The van der Waals surface area contributed by atoms with Gasteiger partial charge in [0.25, 0.3) is 0 Å². The van der Waals surface area contributed by atoms with Gasteiger partial charge in [-0.1, -0.05) is 23.2 Å². The van der Waals surface area contributed by atoms with Crippen molar-refractivity contribution in [3.63, 3.8) is 0 Å². The Bertz CT molecular complexity index is 495. The molecule has 1 heterocycles. The highest BCUT2D eigenvalue weighted by atomic mass is 35.5. The second kappa shape index (κ2) is 4.82. The molecule has 0 aliphatic heterocycles. The standard InChI is InChI=1S/C10H10Cl2N4/c1-13-5-10-14-6-15-16(10)9-3-2-7(11)4-8(9)12/h2-4,6,13H,5H2,1H3. The van der Waals surface area contributed by atoms with Crippen LogP contribution >= 0.6 is 23.2 Å². The predicted octanol–water partition coefficient (Wildman–Crippen LogP) is 2.29. The highest BCUT2D eigenvalue weighted by molar-refractivity contribution is 6.35. The minimum Gasteiger partial charge on any atom is -0.313 e. The van der Waals surface area contributed by atoms with E-state index >= 15 is 0 Å². The van der Waals surface area contributed by atoms with Crippen molar-refractivity contribution in [1.82, 2.24) is 20.1 Å². The number of benzene rings is 1. The van der Waals surface area contributed by atoms with Gasteiger partial charge in [-0.2, -0.15) is 5.10 Å². The molecule has 6 heteroatoms. The van der Waals surface area contributed by atoms with Gasteiger partial charge < -0.3 is 5.32 Å². The molecule has 0 unspecified atom stereocenters. The summed E-state index contributed by atoms with van der Waals surface area (Å²) in [5.41, 5.74) is 0.772. The molecule has 4 nitrogen and oxygen atoms in total. The first-order chi connectivity index (χ1) is 7.72. The second-order valence-corrected chi connectivity index (χ2v) is 4.06. The van der Waals surface area contributed by atoms with Gasteiger partial charge in [-0.05, 0) is 25.2 Å². The maximum atomic E-state index is 6.10. The first kappa shape index (κ1) is 11.4. The van der Waals surface area contributed by atoms with Crippen LogP contribution in [0.5, 0.6) is 0 Å². The van der Waals surface area contributed by atoms with E-state index < -0.39 is 0 Å². The Kier molecular flexibility index (Phi) is 3.43. The van der Waals surface area contributed by atoms with E-state index in [9.17, 15) is 0 Å². The van der Waals surface area contributed by atoms with Gasteiger partial charge in [0.1, 0.15) is 12.2 Å². The van der Waals surface area contributed by atoms with E-state index in [0.29, 0.717) is 16.6 Å². The van der Waals surface area contributed by atoms with Crippen LogP contribution < -0.4 is 5.32 Å². The van der Waals surface area contributed by atoms with Crippen molar-refractivity contribution in [2.45, 2.75) is 6.54 Å². The average molecular weight is 257 g/mol. The molecule has 84 valence electrons. The van der Waals surface area contributed by atoms with Crippen molar-refractivity contribution in [2.24, 2.45) is 0 Å². The minimum absolute atomic E-state index is 0.551. The Morgan fingerprint density at radius 3 is 2.88 bits per heavy atom. The Hall–Kier alpha value is -1.10. The normalized spacial score (nSPS) is 10.7. The third-order valence-corrected chi connectivity index (χ3v) is 2.63. The first-order valence-corrected chi connectivity index (χ1v) is 5.47. The van der Waals surface area contributed by atoms with Gasteiger partial charge in [0.2, 0.25) is 0 Å². The van der Waals surface area contributed by atoms with Crippen molar-refractivity contribution in [3.8, 4) is 5.69 Å². The lowest BCUT2D eigenvalue weighted by Crippen LogP contribution is -2.12. The highest BCUT2D eigenvalue weighted by Gasteiger charge is 2.09. The van der Waals surface area contributed by atoms with E-state index in [0.717, 1.165) is 11.5 Å². The molecule has 0 saturated carbocycles. The van der Waals surface area contributed by atoms with Crippen molar-refractivity contribution >= 4 is 23.2 Å². The molecule has 1 N–H and O–H groups in total. The lowest BCUT2D eigenvalue weighted by molar-refractivity contribution is 0.712. The van der Waals surface area contributed by atoms with E-state index in [-0.39, 0.29) is 0 Å². The molecule has 0 spiro atoms. The van der Waals surface area contributed by atoms with Crippen LogP contribution in [0, 0.1) is 0 Å². The summed E-state index contributed by atoms with van der Waals surface area (Å²) in [5, 5.41) is 8.30. The molecule has 1 aromatic heterocycles. The molecular weight excluding hydrogens is 247 g/mol. The number of hydrogen-bond acceptors (Lipinski definition) is 3. The molecule has 0 bridgehead atoms. The monoisotopic (exact) mass is 256 g/mol. The molecule has 0 aliphatic carbocycles. The number of nitrogens with one attached hydrogen (secondary N) is 1. The van der Waals surface area contributed by atoms with Crippen molar-refractivity contribution in [1.29, 1.82) is 0 Å². The predicted molar refractivity (Wildman–Crippen MR) is 64.1 cm³/mol. The first-order valence-electron chi connectivity index (χ1n) is 4.71. The van der Waals surface area contributed by atoms with Crippen LogP contribution in [-0.2, 0) is 6.54 Å². The molecule has 0 aliphatic rings. The van der Waals surface area contributed by atoms with E-state index in [1.54, 1.807) is 16.8 Å². The van der Waals surface area contributed by atoms with E-state index in [1.807, 2.05) is 13.1 Å². The molecule has 0 amide bonds. The minimum atomic E-state index is 0.551. The lowest BCUT2D eigenvalue weighted by atomic mass is 10.3. The summed E-state index contributed by atoms with van der Waals surface area (Å²) < 4.78 is 1.69. The molecule has 0 radical (unpaired) electrons. The zero-order valence-corrected chi connectivity index (χ0v) is 10.1. The fourth-order valence-electron chi connectivity index (χ4n) is 1.40. The fraction of sp³-hybridized carbons (Fsp3) is 0.200. The van der Waals surface area contributed by atoms with Gasteiger partial charge in [-0.15, -0.1) is 0 Å². The summed E-state index contributed by atoms with van der Waals surface area (Å²) >= 11 is 11.9. The summed E-state index contributed by atoms with van der Waals surface area (Å²) in [5.74, 6) is 0.798. The molecule has 1 aromatic carbocycles. The number of nitrogens with zero attached hydrogens (tertiary/aromatic N) is 3. The van der Waals surface area contributed by atoms with Crippen LogP contribution in [0.4, 0.5) is 0 Å². The van der Waals surface area contributed by atoms with E-state index in [2.05, 4.69) is 15.4 Å². The molecule has 2 rings (SSSR count). The molecule has 0 fully saturated rings. The van der Waals surface area contributed by atoms with Crippen LogP contribution in [0.15, 0.2) is 24.5 Å². The smallest absolute Gasteiger partial charge is 0.146 e. The SMILES string of the molecule is CNCc1ncnn1-c1ccc(Cl)cc1Cl. The number of aromatic nitrogens is 3. The van der Waals surface area contributed by atoms with Gasteiger partial charge in [-0.25, -0.2) is 9.67 Å². The molecule has 16 heavy (non-hydrogen) atoms. The van der Waals surface area contributed by atoms with E-state index in [4.69, 9.17) is 23.2 Å². The van der Waals surface area contributed by atoms with Crippen LogP contribution in [0.25, 0.3) is 5.69 Å². The Labute approximate surface area is 103 Å². The van der Waals surface area contributed by atoms with Gasteiger partial charge in [-0.3, -0.25) is 0 Å².